The molecule has 1 fully saturated rings. The normalized spacial score (nSPS) is 36.3. The van der Waals surface area contributed by atoms with Gasteiger partial charge in [0, 0.05) is 47.0 Å². The van der Waals surface area contributed by atoms with Gasteiger partial charge >= 0.3 is 0 Å². The summed E-state index contributed by atoms with van der Waals surface area (Å²) < 4.78 is 8.31. The summed E-state index contributed by atoms with van der Waals surface area (Å²) in [7, 11) is 1.80. The molecule has 4 heteroatoms. The summed E-state index contributed by atoms with van der Waals surface area (Å²) in [5, 5.41) is 0. The minimum absolute atomic E-state index is 0.436. The highest BCUT2D eigenvalue weighted by Crippen LogP contribution is 2.22. The molecule has 1 heterocycles. The smallest absolute Gasteiger partial charge is 0.0824 e. The van der Waals surface area contributed by atoms with Gasteiger partial charge in [-0.25, -0.2) is 3.11 Å². The van der Waals surface area contributed by atoms with Crippen LogP contribution in [-0.4, -0.2) is 33.3 Å². The molecule has 1 saturated heterocycles. The van der Waals surface area contributed by atoms with Crippen LogP contribution in [0.25, 0.3) is 0 Å². The van der Waals surface area contributed by atoms with Crippen molar-refractivity contribution in [2.45, 2.75) is 16.4 Å². The number of halogens is 2. The van der Waals surface area contributed by atoms with Crippen LogP contribution in [0.1, 0.15) is 6.42 Å². The molecule has 1 aliphatic heterocycles. The van der Waals surface area contributed by atoms with Crippen molar-refractivity contribution in [2.75, 3.05) is 20.2 Å². The van der Waals surface area contributed by atoms with E-state index in [9.17, 15) is 0 Å². The van der Waals surface area contributed by atoms with Crippen molar-refractivity contribution in [1.82, 2.24) is 3.11 Å². The molecule has 0 unspecified atom stereocenters. The highest BCUT2D eigenvalue weighted by atomic mass is 127. The highest BCUT2D eigenvalue weighted by Gasteiger charge is 2.25. The van der Waals surface area contributed by atoms with Gasteiger partial charge in [-0.3, -0.25) is 0 Å². The summed E-state index contributed by atoms with van der Waals surface area (Å²) in [4.78, 5) is 0. The maximum atomic E-state index is 5.32. The number of piperidine rings is 1. The van der Waals surface area contributed by atoms with E-state index in [-0.39, 0.29) is 0 Å². The van der Waals surface area contributed by atoms with E-state index >= 15 is 0 Å². The van der Waals surface area contributed by atoms with Crippen LogP contribution in [0.5, 0.6) is 0 Å². The highest BCUT2D eigenvalue weighted by molar-refractivity contribution is 14.1. The summed E-state index contributed by atoms with van der Waals surface area (Å²) in [5.41, 5.74) is 0. The third-order valence-electron chi connectivity index (χ3n) is 1.73. The number of alkyl halides is 1. The Balaban J connectivity index is 2.38. The van der Waals surface area contributed by atoms with Gasteiger partial charge in [-0.15, -0.1) is 0 Å². The average molecular weight is 367 g/mol. The summed E-state index contributed by atoms with van der Waals surface area (Å²) >= 11 is 4.83. The summed E-state index contributed by atoms with van der Waals surface area (Å²) in [5.74, 6) is 0. The Morgan fingerprint density at radius 3 is 2.80 bits per heavy atom. The molecule has 0 N–H and O–H groups in total. The Hall–Kier alpha value is 1.38. The van der Waals surface area contributed by atoms with Crippen molar-refractivity contribution >= 4 is 45.5 Å². The lowest BCUT2D eigenvalue weighted by molar-refractivity contribution is 0.0737. The quantitative estimate of drug-likeness (QED) is 0.399. The molecule has 1 aliphatic rings. The van der Waals surface area contributed by atoms with Crippen molar-refractivity contribution < 1.29 is 4.74 Å². The molecule has 0 bridgehead atoms. The van der Waals surface area contributed by atoms with E-state index in [1.54, 1.807) is 7.11 Å². The number of ether oxygens (including phenoxy) is 1. The van der Waals surface area contributed by atoms with Crippen LogP contribution in [-0.2, 0) is 4.74 Å². The van der Waals surface area contributed by atoms with Crippen molar-refractivity contribution in [3.8, 4) is 0 Å². The zero-order valence-electron chi connectivity index (χ0n) is 5.89. The Morgan fingerprint density at radius 2 is 2.30 bits per heavy atom. The minimum Gasteiger partial charge on any atom is -0.379 e. The Bertz CT molecular complexity index is 112. The predicted molar refractivity (Wildman–Crippen MR) is 58.8 cm³/mol. The first-order valence-electron chi connectivity index (χ1n) is 3.31. The molecule has 0 aliphatic carbocycles. The SMILES string of the molecule is CO[C@@H]1CN(I)CC[C@@H]1I. The molecule has 0 aromatic carbocycles. The van der Waals surface area contributed by atoms with Gasteiger partial charge in [0.25, 0.3) is 0 Å². The molecule has 0 amide bonds. The molecule has 0 spiro atoms. The third kappa shape index (κ3) is 2.46. The summed E-state index contributed by atoms with van der Waals surface area (Å²) in [6.45, 7) is 2.28. The predicted octanol–water partition coefficient (Wildman–Crippen LogP) is 1.86. The van der Waals surface area contributed by atoms with Gasteiger partial charge in [0.15, 0.2) is 0 Å². The number of hydrogen-bond acceptors (Lipinski definition) is 2. The number of rotatable bonds is 1. The van der Waals surface area contributed by atoms with Crippen molar-refractivity contribution in [3.63, 3.8) is 0 Å². The Kier molecular flexibility index (Phi) is 4.18. The molecule has 60 valence electrons. The first kappa shape index (κ1) is 9.47. The first-order chi connectivity index (χ1) is 4.74. The molecule has 0 aromatic rings. The molecule has 0 saturated carbocycles. The topological polar surface area (TPSA) is 12.5 Å². The number of nitrogens with zero attached hydrogens (tertiary/aromatic N) is 1. The lowest BCUT2D eigenvalue weighted by atomic mass is 10.1. The van der Waals surface area contributed by atoms with Crippen LogP contribution < -0.4 is 0 Å². The lowest BCUT2D eigenvalue weighted by Gasteiger charge is -2.31. The second-order valence-corrected chi connectivity index (χ2v) is 5.41. The van der Waals surface area contributed by atoms with Crippen molar-refractivity contribution in [1.29, 1.82) is 0 Å². The fraction of sp³-hybridized carbons (Fsp3) is 1.00. The van der Waals surface area contributed by atoms with E-state index in [0.717, 1.165) is 6.54 Å². The standard InChI is InChI=1S/C6H11I2NO/c1-10-6-4-9(8)3-2-5(6)7/h5-6H,2-4H2,1H3/t5-,6+/m0/s1. The van der Waals surface area contributed by atoms with Crippen LogP contribution in [0.15, 0.2) is 0 Å². The molecule has 0 radical (unpaired) electrons. The van der Waals surface area contributed by atoms with Crippen LogP contribution in [0.3, 0.4) is 0 Å². The van der Waals surface area contributed by atoms with Gasteiger partial charge in [-0.2, -0.15) is 0 Å². The van der Waals surface area contributed by atoms with Crippen molar-refractivity contribution in [3.05, 3.63) is 0 Å². The largest absolute Gasteiger partial charge is 0.379 e. The molecular weight excluding hydrogens is 356 g/mol. The van der Waals surface area contributed by atoms with E-state index in [4.69, 9.17) is 4.74 Å². The minimum atomic E-state index is 0.436. The van der Waals surface area contributed by atoms with Gasteiger partial charge in [0.2, 0.25) is 0 Å². The molecule has 1 rings (SSSR count). The van der Waals surface area contributed by atoms with Crippen LogP contribution in [0, 0.1) is 0 Å². The van der Waals surface area contributed by atoms with Gasteiger partial charge < -0.3 is 4.74 Å². The van der Waals surface area contributed by atoms with Crippen LogP contribution >= 0.6 is 45.5 Å². The Morgan fingerprint density at radius 1 is 1.60 bits per heavy atom. The van der Waals surface area contributed by atoms with E-state index < -0.39 is 0 Å². The molecule has 2 nitrogen and oxygen atoms in total. The molecule has 10 heavy (non-hydrogen) atoms. The van der Waals surface area contributed by atoms with Crippen molar-refractivity contribution in [2.24, 2.45) is 0 Å². The zero-order chi connectivity index (χ0) is 7.56. The van der Waals surface area contributed by atoms with Crippen LogP contribution in [0.4, 0.5) is 0 Å². The van der Waals surface area contributed by atoms with E-state index in [2.05, 4.69) is 48.6 Å². The van der Waals surface area contributed by atoms with E-state index in [1.807, 2.05) is 0 Å². The molecule has 0 aromatic heterocycles. The number of methoxy groups -OCH3 is 1. The monoisotopic (exact) mass is 367 g/mol. The molecule has 2 atom stereocenters. The average Bonchev–Trinajstić information content (AvgIpc) is 1.94. The van der Waals surface area contributed by atoms with Gasteiger partial charge in [0.1, 0.15) is 0 Å². The van der Waals surface area contributed by atoms with E-state index in [0.29, 0.717) is 10.0 Å². The molecular formula is C6H11I2NO. The van der Waals surface area contributed by atoms with Crippen LogP contribution in [0.2, 0.25) is 0 Å². The zero-order valence-corrected chi connectivity index (χ0v) is 10.2. The second kappa shape index (κ2) is 4.42. The second-order valence-electron chi connectivity index (χ2n) is 2.45. The lowest BCUT2D eigenvalue weighted by Crippen LogP contribution is -2.40. The fourth-order valence-corrected chi connectivity index (χ4v) is 2.54. The van der Waals surface area contributed by atoms with Gasteiger partial charge in [0.05, 0.1) is 6.10 Å². The number of hydrogen-bond donors (Lipinski definition) is 0. The summed E-state index contributed by atoms with van der Waals surface area (Å²) in [6, 6.07) is 0. The maximum Gasteiger partial charge on any atom is 0.0824 e. The van der Waals surface area contributed by atoms with Gasteiger partial charge in [-0.1, -0.05) is 22.6 Å². The first-order valence-corrected chi connectivity index (χ1v) is 5.52. The summed E-state index contributed by atoms with van der Waals surface area (Å²) in [6.07, 6.45) is 1.69. The van der Waals surface area contributed by atoms with Gasteiger partial charge in [-0.05, 0) is 6.42 Å². The van der Waals surface area contributed by atoms with E-state index in [1.165, 1.54) is 13.0 Å². The Labute approximate surface area is 89.3 Å². The fourth-order valence-electron chi connectivity index (χ4n) is 1.07. The third-order valence-corrected chi connectivity index (χ3v) is 4.03. The maximum absolute atomic E-state index is 5.32.